The summed E-state index contributed by atoms with van der Waals surface area (Å²) in [7, 11) is 3.63. The number of ether oxygens (including phenoxy) is 2. The molecule has 0 aliphatic carbocycles. The number of aromatic nitrogens is 2. The molecular formula is C14H23N3O2. The van der Waals surface area contributed by atoms with E-state index in [-0.39, 0.29) is 0 Å². The number of anilines is 1. The Bertz CT molecular complexity index is 417. The number of rotatable bonds is 4. The molecule has 0 amide bonds. The van der Waals surface area contributed by atoms with Crippen LogP contribution in [0.25, 0.3) is 0 Å². The zero-order valence-electron chi connectivity index (χ0n) is 12.2. The molecule has 1 aromatic rings. The monoisotopic (exact) mass is 265 g/mol. The summed E-state index contributed by atoms with van der Waals surface area (Å²) in [5.74, 6) is 1.68. The third-order valence-corrected chi connectivity index (χ3v) is 3.92. The maximum atomic E-state index is 5.77. The van der Waals surface area contributed by atoms with Crippen molar-refractivity contribution in [3.05, 3.63) is 17.1 Å². The summed E-state index contributed by atoms with van der Waals surface area (Å²) in [6, 6.07) is 0. The molecule has 1 N–H and O–H groups in total. The minimum absolute atomic E-state index is 0.401. The molecule has 5 nitrogen and oxygen atoms in total. The van der Waals surface area contributed by atoms with Crippen LogP contribution in [0.15, 0.2) is 0 Å². The van der Waals surface area contributed by atoms with Crippen LogP contribution in [-0.4, -0.2) is 37.3 Å². The fraction of sp³-hybridized carbons (Fsp3) is 0.714. The number of nitrogens with one attached hydrogen (secondary N) is 1. The van der Waals surface area contributed by atoms with Gasteiger partial charge in [0.15, 0.2) is 5.82 Å². The quantitative estimate of drug-likeness (QED) is 0.903. The van der Waals surface area contributed by atoms with Gasteiger partial charge in [0, 0.05) is 51.5 Å². The number of hydrogen-bond donors (Lipinski definition) is 1. The van der Waals surface area contributed by atoms with E-state index in [1.165, 1.54) is 0 Å². The lowest BCUT2D eigenvalue weighted by atomic mass is 9.92. The first-order valence-corrected chi connectivity index (χ1v) is 6.85. The minimum atomic E-state index is -0.401. The molecule has 1 fully saturated rings. The maximum absolute atomic E-state index is 5.77. The van der Waals surface area contributed by atoms with Crippen LogP contribution in [-0.2, 0) is 21.5 Å². The smallest absolute Gasteiger partial charge is 0.163 e. The fourth-order valence-corrected chi connectivity index (χ4v) is 2.57. The largest absolute Gasteiger partial charge is 0.381 e. The molecule has 1 aliphatic rings. The van der Waals surface area contributed by atoms with Gasteiger partial charge in [-0.15, -0.1) is 0 Å². The van der Waals surface area contributed by atoms with Gasteiger partial charge in [0.05, 0.1) is 0 Å². The standard InChI is InChI=1S/C14H23N3O2/c1-5-11-10(2)12(15-3)17-13(16-11)14(18-4)6-8-19-9-7-14/h5-9H2,1-4H3,(H,15,16,17). The summed E-state index contributed by atoms with van der Waals surface area (Å²) in [4.78, 5) is 9.40. The molecule has 0 spiro atoms. The van der Waals surface area contributed by atoms with Gasteiger partial charge in [-0.25, -0.2) is 9.97 Å². The van der Waals surface area contributed by atoms with Crippen molar-refractivity contribution >= 4 is 5.82 Å². The van der Waals surface area contributed by atoms with E-state index in [1.54, 1.807) is 7.11 Å². The molecule has 0 bridgehead atoms. The van der Waals surface area contributed by atoms with E-state index >= 15 is 0 Å². The Hall–Kier alpha value is -1.20. The second kappa shape index (κ2) is 5.84. The van der Waals surface area contributed by atoms with Gasteiger partial charge in [-0.2, -0.15) is 0 Å². The summed E-state index contributed by atoms with van der Waals surface area (Å²) in [5, 5.41) is 3.15. The zero-order valence-corrected chi connectivity index (χ0v) is 12.2. The summed E-state index contributed by atoms with van der Waals surface area (Å²) in [6.07, 6.45) is 2.50. The Morgan fingerprint density at radius 3 is 2.53 bits per heavy atom. The van der Waals surface area contributed by atoms with Crippen LogP contribution < -0.4 is 5.32 Å². The molecular weight excluding hydrogens is 242 g/mol. The number of nitrogens with zero attached hydrogens (tertiary/aromatic N) is 2. The lowest BCUT2D eigenvalue weighted by Crippen LogP contribution is -2.37. The first-order valence-electron chi connectivity index (χ1n) is 6.85. The van der Waals surface area contributed by atoms with Crippen LogP contribution in [0, 0.1) is 6.92 Å². The molecule has 1 aliphatic heterocycles. The molecule has 0 saturated carbocycles. The van der Waals surface area contributed by atoms with Gasteiger partial charge in [0.1, 0.15) is 11.4 Å². The third kappa shape index (κ3) is 2.58. The van der Waals surface area contributed by atoms with Crippen LogP contribution >= 0.6 is 0 Å². The van der Waals surface area contributed by atoms with Crippen molar-refractivity contribution in [3.63, 3.8) is 0 Å². The van der Waals surface area contributed by atoms with E-state index < -0.39 is 5.60 Å². The van der Waals surface area contributed by atoms with E-state index in [9.17, 15) is 0 Å². The molecule has 2 heterocycles. The molecule has 106 valence electrons. The lowest BCUT2D eigenvalue weighted by Gasteiger charge is -2.34. The van der Waals surface area contributed by atoms with E-state index in [0.29, 0.717) is 13.2 Å². The van der Waals surface area contributed by atoms with E-state index in [0.717, 1.165) is 42.2 Å². The predicted molar refractivity (Wildman–Crippen MR) is 74.4 cm³/mol. The van der Waals surface area contributed by atoms with Gasteiger partial charge in [-0.3, -0.25) is 0 Å². The van der Waals surface area contributed by atoms with Crippen molar-refractivity contribution in [2.24, 2.45) is 0 Å². The fourth-order valence-electron chi connectivity index (χ4n) is 2.57. The molecule has 0 unspecified atom stereocenters. The summed E-state index contributed by atoms with van der Waals surface area (Å²) < 4.78 is 11.2. The van der Waals surface area contributed by atoms with Gasteiger partial charge in [0.25, 0.3) is 0 Å². The number of aryl methyl sites for hydroxylation is 1. The van der Waals surface area contributed by atoms with E-state index in [2.05, 4.69) is 24.1 Å². The normalized spacial score (nSPS) is 18.3. The first-order chi connectivity index (χ1) is 9.16. The summed E-state index contributed by atoms with van der Waals surface area (Å²) >= 11 is 0. The summed E-state index contributed by atoms with van der Waals surface area (Å²) in [6.45, 7) is 5.56. The molecule has 1 aromatic heterocycles. The van der Waals surface area contributed by atoms with E-state index in [4.69, 9.17) is 14.5 Å². The van der Waals surface area contributed by atoms with Crippen LogP contribution in [0.2, 0.25) is 0 Å². The Morgan fingerprint density at radius 1 is 1.32 bits per heavy atom. The Morgan fingerprint density at radius 2 is 2.00 bits per heavy atom. The molecule has 0 aromatic carbocycles. The number of methoxy groups -OCH3 is 1. The SMILES string of the molecule is CCc1nc(C2(OC)CCOCC2)nc(NC)c1C. The highest BCUT2D eigenvalue weighted by atomic mass is 16.5. The molecule has 0 radical (unpaired) electrons. The lowest BCUT2D eigenvalue weighted by molar-refractivity contribution is -0.1000. The van der Waals surface area contributed by atoms with Crippen LogP contribution in [0.1, 0.15) is 36.8 Å². The molecule has 0 atom stereocenters. The van der Waals surface area contributed by atoms with Crippen LogP contribution in [0.3, 0.4) is 0 Å². The molecule has 1 saturated heterocycles. The second-order valence-corrected chi connectivity index (χ2v) is 4.88. The average Bonchev–Trinajstić information content (AvgIpc) is 2.48. The van der Waals surface area contributed by atoms with Gasteiger partial charge in [-0.05, 0) is 13.3 Å². The van der Waals surface area contributed by atoms with E-state index in [1.807, 2.05) is 7.05 Å². The minimum Gasteiger partial charge on any atom is -0.381 e. The van der Waals surface area contributed by atoms with Gasteiger partial charge in [0.2, 0.25) is 0 Å². The van der Waals surface area contributed by atoms with Gasteiger partial charge >= 0.3 is 0 Å². The second-order valence-electron chi connectivity index (χ2n) is 4.88. The molecule has 19 heavy (non-hydrogen) atoms. The van der Waals surface area contributed by atoms with Crippen LogP contribution in [0.5, 0.6) is 0 Å². The van der Waals surface area contributed by atoms with Gasteiger partial charge < -0.3 is 14.8 Å². The highest BCUT2D eigenvalue weighted by Crippen LogP contribution is 2.34. The predicted octanol–water partition coefficient (Wildman–Crippen LogP) is 2.04. The van der Waals surface area contributed by atoms with Crippen molar-refractivity contribution in [1.29, 1.82) is 0 Å². The summed E-state index contributed by atoms with van der Waals surface area (Å²) in [5.41, 5.74) is 1.80. The van der Waals surface area contributed by atoms with Crippen molar-refractivity contribution in [3.8, 4) is 0 Å². The molecule has 2 rings (SSSR count). The van der Waals surface area contributed by atoms with Crippen LogP contribution in [0.4, 0.5) is 5.82 Å². The Kier molecular flexibility index (Phi) is 4.37. The van der Waals surface area contributed by atoms with Crippen molar-refractivity contribution in [2.75, 3.05) is 32.7 Å². The van der Waals surface area contributed by atoms with Crippen molar-refractivity contribution in [2.45, 2.75) is 38.7 Å². The third-order valence-electron chi connectivity index (χ3n) is 3.92. The average molecular weight is 265 g/mol. The first kappa shape index (κ1) is 14.2. The van der Waals surface area contributed by atoms with Crippen molar-refractivity contribution in [1.82, 2.24) is 9.97 Å². The highest BCUT2D eigenvalue weighted by Gasteiger charge is 2.38. The Balaban J connectivity index is 2.48. The topological polar surface area (TPSA) is 56.3 Å². The molecule has 5 heteroatoms. The maximum Gasteiger partial charge on any atom is 0.163 e. The van der Waals surface area contributed by atoms with Gasteiger partial charge in [-0.1, -0.05) is 6.92 Å². The number of hydrogen-bond acceptors (Lipinski definition) is 5. The Labute approximate surface area is 114 Å². The van der Waals surface area contributed by atoms with Crippen molar-refractivity contribution < 1.29 is 9.47 Å². The highest BCUT2D eigenvalue weighted by molar-refractivity contribution is 5.45. The zero-order chi connectivity index (χ0) is 13.9.